The van der Waals surface area contributed by atoms with E-state index >= 15 is 0 Å². The third-order valence-corrected chi connectivity index (χ3v) is 6.93. The molecule has 2 amide bonds. The number of carboxylic acid groups (broad SMARTS) is 1. The summed E-state index contributed by atoms with van der Waals surface area (Å²) in [6.45, 7) is 4.54. The first-order valence-electron chi connectivity index (χ1n) is 11.5. The Morgan fingerprint density at radius 1 is 1.09 bits per heavy atom. The second kappa shape index (κ2) is 9.65. The van der Waals surface area contributed by atoms with E-state index in [9.17, 15) is 19.5 Å². The van der Waals surface area contributed by atoms with E-state index in [1.165, 1.54) is 0 Å². The van der Waals surface area contributed by atoms with E-state index < -0.39 is 24.0 Å². The van der Waals surface area contributed by atoms with Gasteiger partial charge in [-0.15, -0.1) is 0 Å². The van der Waals surface area contributed by atoms with Crippen LogP contribution in [0.25, 0.3) is 11.1 Å². The lowest BCUT2D eigenvalue weighted by Crippen LogP contribution is -2.53. The number of piperidine rings is 1. The maximum Gasteiger partial charge on any atom is 0.407 e. The predicted molar refractivity (Wildman–Crippen MR) is 124 cm³/mol. The fraction of sp³-hybridized carbons (Fsp3) is 0.423. The molecular weight excluding hydrogens is 420 g/mol. The standard InChI is InChI=1S/C26H30N2O5/c1-3-23(24(29)28-13-12-16(2)21(14-28)25(30)31)27-26(32)33-15-22-19-10-6-4-8-17(19)18-9-5-7-11-20(18)22/h4-11,16,21-23H,3,12-15H2,1-2H3,(H,27,32)(H,30,31). The molecule has 7 heteroatoms. The van der Waals surface area contributed by atoms with Gasteiger partial charge in [0.15, 0.2) is 0 Å². The number of nitrogens with zero attached hydrogens (tertiary/aromatic N) is 1. The van der Waals surface area contributed by atoms with Gasteiger partial charge >= 0.3 is 12.1 Å². The van der Waals surface area contributed by atoms with Gasteiger partial charge in [-0.2, -0.15) is 0 Å². The van der Waals surface area contributed by atoms with Gasteiger partial charge in [0.1, 0.15) is 12.6 Å². The van der Waals surface area contributed by atoms with Crippen LogP contribution >= 0.6 is 0 Å². The Morgan fingerprint density at radius 3 is 2.27 bits per heavy atom. The molecule has 2 aromatic carbocycles. The van der Waals surface area contributed by atoms with E-state index in [1.54, 1.807) is 4.90 Å². The quantitative estimate of drug-likeness (QED) is 0.697. The average molecular weight is 451 g/mol. The molecule has 0 aromatic heterocycles. The van der Waals surface area contributed by atoms with Gasteiger partial charge in [0.05, 0.1) is 5.92 Å². The molecule has 0 bridgehead atoms. The van der Waals surface area contributed by atoms with E-state index in [-0.39, 0.29) is 30.9 Å². The number of likely N-dealkylation sites (tertiary alicyclic amines) is 1. The number of alkyl carbamates (subject to hydrolysis) is 1. The summed E-state index contributed by atoms with van der Waals surface area (Å²) in [5.41, 5.74) is 4.54. The first-order valence-corrected chi connectivity index (χ1v) is 11.5. The Morgan fingerprint density at radius 2 is 1.70 bits per heavy atom. The van der Waals surface area contributed by atoms with Gasteiger partial charge in [-0.05, 0) is 41.0 Å². The van der Waals surface area contributed by atoms with Crippen molar-refractivity contribution in [2.24, 2.45) is 11.8 Å². The van der Waals surface area contributed by atoms with Gasteiger partial charge in [0.25, 0.3) is 0 Å². The molecule has 7 nitrogen and oxygen atoms in total. The largest absolute Gasteiger partial charge is 0.481 e. The summed E-state index contributed by atoms with van der Waals surface area (Å²) in [4.78, 5) is 38.7. The molecule has 174 valence electrons. The zero-order valence-corrected chi connectivity index (χ0v) is 19.0. The second-order valence-corrected chi connectivity index (χ2v) is 8.93. The number of aliphatic carboxylic acids is 1. The molecule has 1 aliphatic heterocycles. The van der Waals surface area contributed by atoms with Crippen LogP contribution < -0.4 is 5.32 Å². The summed E-state index contributed by atoms with van der Waals surface area (Å²) in [7, 11) is 0. The van der Waals surface area contributed by atoms with Crippen LogP contribution in [0, 0.1) is 11.8 Å². The Labute approximate surface area is 193 Å². The summed E-state index contributed by atoms with van der Waals surface area (Å²) in [5.74, 6) is -1.78. The van der Waals surface area contributed by atoms with Crippen molar-refractivity contribution in [3.8, 4) is 11.1 Å². The maximum absolute atomic E-state index is 13.0. The Kier molecular flexibility index (Phi) is 6.67. The Bertz CT molecular complexity index is 1010. The number of amides is 2. The zero-order chi connectivity index (χ0) is 23.5. The highest BCUT2D eigenvalue weighted by atomic mass is 16.5. The summed E-state index contributed by atoms with van der Waals surface area (Å²) in [6, 6.07) is 15.5. The van der Waals surface area contributed by atoms with Gasteiger partial charge in [0.2, 0.25) is 5.91 Å². The molecule has 4 rings (SSSR count). The van der Waals surface area contributed by atoms with Crippen LogP contribution in [0.1, 0.15) is 43.7 Å². The molecule has 1 heterocycles. The molecule has 2 N–H and O–H groups in total. The molecule has 0 radical (unpaired) electrons. The second-order valence-electron chi connectivity index (χ2n) is 8.93. The molecule has 0 saturated carbocycles. The molecule has 33 heavy (non-hydrogen) atoms. The topological polar surface area (TPSA) is 95.9 Å². The number of rotatable bonds is 6. The number of benzene rings is 2. The van der Waals surface area contributed by atoms with Crippen LogP contribution in [0.5, 0.6) is 0 Å². The number of ether oxygens (including phenoxy) is 1. The lowest BCUT2D eigenvalue weighted by molar-refractivity contribution is -0.148. The molecule has 1 saturated heterocycles. The molecule has 3 unspecified atom stereocenters. The zero-order valence-electron chi connectivity index (χ0n) is 19.0. The van der Waals surface area contributed by atoms with Gasteiger partial charge in [0, 0.05) is 19.0 Å². The highest BCUT2D eigenvalue weighted by Crippen LogP contribution is 2.44. The van der Waals surface area contributed by atoms with Crippen molar-refractivity contribution in [1.82, 2.24) is 10.2 Å². The maximum atomic E-state index is 13.0. The molecular formula is C26H30N2O5. The van der Waals surface area contributed by atoms with Crippen LogP contribution in [-0.4, -0.2) is 53.7 Å². The van der Waals surface area contributed by atoms with E-state index in [4.69, 9.17) is 4.74 Å². The highest BCUT2D eigenvalue weighted by molar-refractivity contribution is 5.86. The van der Waals surface area contributed by atoms with Crippen molar-refractivity contribution >= 4 is 18.0 Å². The van der Waals surface area contributed by atoms with Crippen LogP contribution in [-0.2, 0) is 14.3 Å². The number of hydrogen-bond donors (Lipinski definition) is 2. The minimum absolute atomic E-state index is 0.0155. The van der Waals surface area contributed by atoms with E-state index in [1.807, 2.05) is 38.1 Å². The van der Waals surface area contributed by atoms with E-state index in [0.717, 1.165) is 22.3 Å². The Balaban J connectivity index is 1.38. The normalized spacial score (nSPS) is 20.5. The monoisotopic (exact) mass is 450 g/mol. The smallest absolute Gasteiger partial charge is 0.407 e. The number of carboxylic acids is 1. The predicted octanol–water partition coefficient (Wildman–Crippen LogP) is 3.87. The number of fused-ring (bicyclic) bond motifs is 3. The summed E-state index contributed by atoms with van der Waals surface area (Å²) in [6.07, 6.45) is 0.383. The lowest BCUT2D eigenvalue weighted by atomic mass is 9.87. The van der Waals surface area contributed by atoms with Crippen LogP contribution in [0.15, 0.2) is 48.5 Å². The van der Waals surface area contributed by atoms with Crippen LogP contribution in [0.3, 0.4) is 0 Å². The summed E-state index contributed by atoms with van der Waals surface area (Å²) >= 11 is 0. The van der Waals surface area contributed by atoms with E-state index in [0.29, 0.717) is 19.4 Å². The minimum atomic E-state index is -0.891. The van der Waals surface area contributed by atoms with Crippen LogP contribution in [0.4, 0.5) is 4.79 Å². The fourth-order valence-electron chi connectivity index (χ4n) is 4.93. The SMILES string of the molecule is CCC(NC(=O)OCC1c2ccccc2-c2ccccc21)C(=O)N1CCC(C)C(C(=O)O)C1. The minimum Gasteiger partial charge on any atom is -0.481 e. The highest BCUT2D eigenvalue weighted by Gasteiger charge is 2.36. The average Bonchev–Trinajstić information content (AvgIpc) is 3.14. The van der Waals surface area contributed by atoms with Crippen molar-refractivity contribution in [3.63, 3.8) is 0 Å². The Hall–Kier alpha value is -3.35. The van der Waals surface area contributed by atoms with Gasteiger partial charge < -0.3 is 20.1 Å². The van der Waals surface area contributed by atoms with Crippen molar-refractivity contribution in [3.05, 3.63) is 59.7 Å². The molecule has 0 spiro atoms. The molecule has 1 fully saturated rings. The van der Waals surface area contributed by atoms with Crippen molar-refractivity contribution in [2.45, 2.75) is 38.6 Å². The van der Waals surface area contributed by atoms with Crippen LogP contribution in [0.2, 0.25) is 0 Å². The third kappa shape index (κ3) is 4.58. The molecule has 3 atom stereocenters. The lowest BCUT2D eigenvalue weighted by Gasteiger charge is -2.36. The molecule has 1 aliphatic carbocycles. The van der Waals surface area contributed by atoms with Crippen molar-refractivity contribution in [1.29, 1.82) is 0 Å². The number of hydrogen-bond acceptors (Lipinski definition) is 4. The van der Waals surface area contributed by atoms with E-state index in [2.05, 4.69) is 29.6 Å². The molecule has 2 aliphatic rings. The summed E-state index contributed by atoms with van der Waals surface area (Å²) in [5, 5.41) is 12.1. The van der Waals surface area contributed by atoms with Crippen molar-refractivity contribution < 1.29 is 24.2 Å². The fourth-order valence-corrected chi connectivity index (χ4v) is 4.93. The van der Waals surface area contributed by atoms with Gasteiger partial charge in [-0.1, -0.05) is 62.4 Å². The van der Waals surface area contributed by atoms with Gasteiger partial charge in [-0.3, -0.25) is 9.59 Å². The number of carbonyl (C=O) groups excluding carboxylic acids is 2. The number of nitrogens with one attached hydrogen (secondary N) is 1. The first kappa shape index (κ1) is 22.8. The molecule has 2 aromatic rings. The van der Waals surface area contributed by atoms with Gasteiger partial charge in [-0.25, -0.2) is 4.79 Å². The number of carbonyl (C=O) groups is 3. The first-order chi connectivity index (χ1) is 15.9. The third-order valence-electron chi connectivity index (χ3n) is 6.93. The summed E-state index contributed by atoms with van der Waals surface area (Å²) < 4.78 is 5.57. The van der Waals surface area contributed by atoms with Crippen molar-refractivity contribution in [2.75, 3.05) is 19.7 Å².